The second kappa shape index (κ2) is 7.69. The molecule has 2 aromatic carbocycles. The third-order valence-electron chi connectivity index (χ3n) is 4.03. The Morgan fingerprint density at radius 3 is 2.81 bits per heavy atom. The van der Waals surface area contributed by atoms with E-state index in [-0.39, 0.29) is 11.6 Å². The summed E-state index contributed by atoms with van der Waals surface area (Å²) in [6.45, 7) is 1.98. The van der Waals surface area contributed by atoms with Crippen LogP contribution in [0.25, 0.3) is 10.9 Å². The minimum atomic E-state index is -0.691. The number of para-hydroxylation sites is 1. The molecule has 1 atom stereocenters. The molecule has 1 heterocycles. The molecule has 0 fully saturated rings. The van der Waals surface area contributed by atoms with Crippen molar-refractivity contribution in [1.29, 1.82) is 0 Å². The van der Waals surface area contributed by atoms with Crippen LogP contribution in [0.15, 0.2) is 48.5 Å². The lowest BCUT2D eigenvalue weighted by molar-refractivity contribution is -0.122. The van der Waals surface area contributed by atoms with E-state index in [4.69, 9.17) is 4.74 Å². The summed E-state index contributed by atoms with van der Waals surface area (Å²) in [5.41, 5.74) is 1.95. The second-order valence-corrected chi connectivity index (χ2v) is 5.88. The van der Waals surface area contributed by atoms with E-state index in [9.17, 15) is 9.59 Å². The number of rotatable bonds is 6. The molecule has 0 bridgehead atoms. The average Bonchev–Trinajstić information content (AvgIpc) is 3.10. The predicted molar refractivity (Wildman–Crippen MR) is 97.9 cm³/mol. The Kier molecular flexibility index (Phi) is 5.17. The maximum atomic E-state index is 12.4. The summed E-state index contributed by atoms with van der Waals surface area (Å²) in [6.07, 6.45) is 0. The van der Waals surface area contributed by atoms with Gasteiger partial charge in [-0.1, -0.05) is 30.3 Å². The number of carbonyl (C=O) groups excluding carboxylic acids is 2. The summed E-state index contributed by atoms with van der Waals surface area (Å²) in [4.78, 5) is 24.7. The highest BCUT2D eigenvalue weighted by Crippen LogP contribution is 2.15. The zero-order chi connectivity index (χ0) is 18.5. The zero-order valence-electron chi connectivity index (χ0n) is 14.6. The lowest BCUT2D eigenvalue weighted by Crippen LogP contribution is -2.44. The summed E-state index contributed by atoms with van der Waals surface area (Å²) in [6, 6.07) is 14.1. The fraction of sp³-hybridized carbons (Fsp3) is 0.211. The molecule has 0 spiro atoms. The number of hydrogen-bond acceptors (Lipinski definition) is 4. The van der Waals surface area contributed by atoms with Gasteiger partial charge in [0.15, 0.2) is 5.69 Å². The number of ether oxygens (including phenoxy) is 1. The molecule has 1 unspecified atom stereocenters. The molecule has 0 radical (unpaired) electrons. The fourth-order valence-corrected chi connectivity index (χ4v) is 2.59. The van der Waals surface area contributed by atoms with Crippen molar-refractivity contribution in [2.24, 2.45) is 0 Å². The number of nitrogens with one attached hydrogen (secondary N) is 3. The molecule has 26 heavy (non-hydrogen) atoms. The largest absolute Gasteiger partial charge is 0.497 e. The highest BCUT2D eigenvalue weighted by Gasteiger charge is 2.19. The number of fused-ring (bicyclic) bond motifs is 1. The summed E-state index contributed by atoms with van der Waals surface area (Å²) in [5.74, 6) is 0.0519. The van der Waals surface area contributed by atoms with Crippen molar-refractivity contribution in [3.05, 3.63) is 59.8 Å². The number of amides is 2. The molecule has 134 valence electrons. The van der Waals surface area contributed by atoms with Gasteiger partial charge in [0.25, 0.3) is 5.91 Å². The Hall–Kier alpha value is -3.35. The van der Waals surface area contributed by atoms with Crippen LogP contribution in [-0.4, -0.2) is 35.2 Å². The van der Waals surface area contributed by atoms with Gasteiger partial charge in [-0.15, -0.1) is 0 Å². The van der Waals surface area contributed by atoms with E-state index < -0.39 is 11.9 Å². The summed E-state index contributed by atoms with van der Waals surface area (Å²) in [7, 11) is 1.59. The van der Waals surface area contributed by atoms with Crippen LogP contribution in [-0.2, 0) is 11.3 Å². The number of nitrogens with zero attached hydrogens (tertiary/aromatic N) is 1. The van der Waals surface area contributed by atoms with Crippen molar-refractivity contribution in [2.75, 3.05) is 7.11 Å². The van der Waals surface area contributed by atoms with Crippen molar-refractivity contribution >= 4 is 22.7 Å². The number of H-pyrrole nitrogens is 1. The van der Waals surface area contributed by atoms with E-state index in [0.29, 0.717) is 11.9 Å². The van der Waals surface area contributed by atoms with Crippen LogP contribution in [0.5, 0.6) is 5.75 Å². The number of benzene rings is 2. The molecule has 0 saturated heterocycles. The Bertz CT molecular complexity index is 935. The lowest BCUT2D eigenvalue weighted by Gasteiger charge is -2.14. The molecule has 0 aliphatic rings. The monoisotopic (exact) mass is 352 g/mol. The van der Waals surface area contributed by atoms with Gasteiger partial charge in [0, 0.05) is 11.9 Å². The quantitative estimate of drug-likeness (QED) is 0.632. The molecular formula is C19H20N4O3. The van der Waals surface area contributed by atoms with Crippen molar-refractivity contribution in [3.8, 4) is 5.75 Å². The average molecular weight is 352 g/mol. The van der Waals surface area contributed by atoms with E-state index in [1.807, 2.05) is 42.5 Å². The fourth-order valence-electron chi connectivity index (χ4n) is 2.59. The highest BCUT2D eigenvalue weighted by atomic mass is 16.5. The first-order chi connectivity index (χ1) is 12.6. The van der Waals surface area contributed by atoms with Gasteiger partial charge < -0.3 is 15.4 Å². The van der Waals surface area contributed by atoms with Gasteiger partial charge in [-0.05, 0) is 30.7 Å². The van der Waals surface area contributed by atoms with Crippen LogP contribution in [0.2, 0.25) is 0 Å². The topological polar surface area (TPSA) is 96.1 Å². The molecule has 7 nitrogen and oxygen atoms in total. The Labute approximate surface area is 150 Å². The smallest absolute Gasteiger partial charge is 0.273 e. The molecule has 0 saturated carbocycles. The van der Waals surface area contributed by atoms with Crippen LogP contribution in [0, 0.1) is 0 Å². The van der Waals surface area contributed by atoms with Crippen molar-refractivity contribution in [1.82, 2.24) is 20.8 Å². The predicted octanol–water partition coefficient (Wildman–Crippen LogP) is 2.01. The third kappa shape index (κ3) is 3.83. The SMILES string of the molecule is COc1cccc(CNC(=O)C(C)NC(=O)c2n[nH]c3ccccc23)c1. The van der Waals surface area contributed by atoms with Crippen LogP contribution >= 0.6 is 0 Å². The Morgan fingerprint density at radius 2 is 2.00 bits per heavy atom. The molecule has 3 N–H and O–H groups in total. The zero-order valence-corrected chi connectivity index (χ0v) is 14.6. The van der Waals surface area contributed by atoms with Gasteiger partial charge in [0.1, 0.15) is 11.8 Å². The molecule has 7 heteroatoms. The van der Waals surface area contributed by atoms with Crippen LogP contribution in [0.1, 0.15) is 23.0 Å². The molecule has 3 aromatic rings. The van der Waals surface area contributed by atoms with Crippen LogP contribution in [0.3, 0.4) is 0 Å². The summed E-state index contributed by atoms with van der Waals surface area (Å²) >= 11 is 0. The van der Waals surface area contributed by atoms with E-state index in [2.05, 4.69) is 20.8 Å². The lowest BCUT2D eigenvalue weighted by atomic mass is 10.2. The summed E-state index contributed by atoms with van der Waals surface area (Å²) < 4.78 is 5.16. The van der Waals surface area contributed by atoms with Gasteiger partial charge in [-0.25, -0.2) is 0 Å². The minimum absolute atomic E-state index is 0.271. The van der Waals surface area contributed by atoms with E-state index in [0.717, 1.165) is 16.8 Å². The number of hydrogen-bond donors (Lipinski definition) is 3. The van der Waals surface area contributed by atoms with Crippen molar-refractivity contribution in [3.63, 3.8) is 0 Å². The molecule has 1 aromatic heterocycles. The third-order valence-corrected chi connectivity index (χ3v) is 4.03. The first kappa shape index (κ1) is 17.5. The van der Waals surface area contributed by atoms with E-state index in [1.165, 1.54) is 0 Å². The van der Waals surface area contributed by atoms with Crippen LogP contribution in [0.4, 0.5) is 0 Å². The summed E-state index contributed by atoms with van der Waals surface area (Å²) in [5, 5.41) is 13.0. The molecule has 2 amide bonds. The number of aromatic amines is 1. The van der Waals surface area contributed by atoms with Gasteiger partial charge in [-0.3, -0.25) is 14.7 Å². The maximum absolute atomic E-state index is 12.4. The number of carbonyl (C=O) groups is 2. The standard InChI is InChI=1S/C19H20N4O3/c1-12(18(24)20-11-13-6-5-7-14(10-13)26-2)21-19(25)17-15-8-3-4-9-16(15)22-23-17/h3-10,12H,11H2,1-2H3,(H,20,24)(H,21,25)(H,22,23). The normalized spacial score (nSPS) is 11.8. The van der Waals surface area contributed by atoms with Gasteiger partial charge >= 0.3 is 0 Å². The van der Waals surface area contributed by atoms with Gasteiger partial charge in [0.05, 0.1) is 12.6 Å². The van der Waals surface area contributed by atoms with Gasteiger partial charge in [-0.2, -0.15) is 5.10 Å². The first-order valence-corrected chi connectivity index (χ1v) is 8.23. The highest BCUT2D eigenvalue weighted by molar-refractivity contribution is 6.05. The van der Waals surface area contributed by atoms with Crippen LogP contribution < -0.4 is 15.4 Å². The van der Waals surface area contributed by atoms with E-state index >= 15 is 0 Å². The first-order valence-electron chi connectivity index (χ1n) is 8.23. The van der Waals surface area contributed by atoms with Gasteiger partial charge in [0.2, 0.25) is 5.91 Å². The molecule has 0 aliphatic heterocycles. The molecular weight excluding hydrogens is 332 g/mol. The second-order valence-electron chi connectivity index (χ2n) is 5.88. The minimum Gasteiger partial charge on any atom is -0.497 e. The number of methoxy groups -OCH3 is 1. The van der Waals surface area contributed by atoms with Crippen molar-refractivity contribution in [2.45, 2.75) is 19.5 Å². The number of aromatic nitrogens is 2. The Morgan fingerprint density at radius 1 is 1.19 bits per heavy atom. The maximum Gasteiger partial charge on any atom is 0.273 e. The van der Waals surface area contributed by atoms with Crippen molar-refractivity contribution < 1.29 is 14.3 Å². The molecule has 3 rings (SSSR count). The van der Waals surface area contributed by atoms with E-state index in [1.54, 1.807) is 20.1 Å². The molecule has 0 aliphatic carbocycles. The Balaban J connectivity index is 1.59.